The van der Waals surface area contributed by atoms with Crippen LogP contribution < -0.4 is 0 Å². The summed E-state index contributed by atoms with van der Waals surface area (Å²) in [6, 6.07) is 0. The number of unbranched alkanes of at least 4 members (excludes halogenated alkanes) is 15. The zero-order valence-corrected chi connectivity index (χ0v) is 27.6. The molecule has 0 atom stereocenters. The Labute approximate surface area is 254 Å². The second kappa shape index (κ2) is 31.8. The first kappa shape index (κ1) is 39.9. The molecule has 0 unspecified atom stereocenters. The van der Waals surface area contributed by atoms with Crippen LogP contribution in [0.5, 0.6) is 0 Å². The lowest BCUT2D eigenvalue weighted by atomic mass is 10.0. The molecule has 0 saturated heterocycles. The van der Waals surface area contributed by atoms with E-state index in [1.165, 1.54) is 77.0 Å². The third-order valence-corrected chi connectivity index (χ3v) is 7.95. The number of carbonyl (C=O) groups excluding carboxylic acids is 2. The summed E-state index contributed by atoms with van der Waals surface area (Å²) >= 11 is 0. The van der Waals surface area contributed by atoms with E-state index >= 15 is 0 Å². The second-order valence-electron chi connectivity index (χ2n) is 12.0. The molecule has 0 amide bonds. The monoisotopic (exact) mass is 584 g/mol. The molecule has 0 aromatic rings. The maximum Gasteiger partial charge on any atom is 0.306 e. The fourth-order valence-electron chi connectivity index (χ4n) is 5.27. The highest BCUT2D eigenvalue weighted by Crippen LogP contribution is 2.18. The van der Waals surface area contributed by atoms with Crippen molar-refractivity contribution in [3.8, 4) is 0 Å². The van der Waals surface area contributed by atoms with Gasteiger partial charge >= 0.3 is 11.9 Å². The van der Waals surface area contributed by atoms with Gasteiger partial charge in [-0.05, 0) is 64.5 Å². The molecule has 0 bridgehead atoms. The number of aliphatic hydroxyl groups is 1. The molecule has 0 radical (unpaired) electrons. The molecule has 0 aromatic carbocycles. The van der Waals surface area contributed by atoms with Gasteiger partial charge in [0.1, 0.15) is 6.10 Å². The highest BCUT2D eigenvalue weighted by Gasteiger charge is 2.14. The summed E-state index contributed by atoms with van der Waals surface area (Å²) in [6.45, 7) is 9.65. The topological polar surface area (TPSA) is 76.1 Å². The van der Waals surface area contributed by atoms with Crippen molar-refractivity contribution in [2.24, 2.45) is 0 Å². The fraction of sp³-hybridized carbons (Fsp3) is 0.943. The molecule has 244 valence electrons. The van der Waals surface area contributed by atoms with Crippen molar-refractivity contribution < 1.29 is 24.2 Å². The average molecular weight is 584 g/mol. The van der Waals surface area contributed by atoms with Gasteiger partial charge in [0.25, 0.3) is 0 Å². The predicted octanol–water partition coefficient (Wildman–Crippen LogP) is 9.16. The van der Waals surface area contributed by atoms with Crippen LogP contribution in [0.1, 0.15) is 175 Å². The largest absolute Gasteiger partial charge is 0.466 e. The second-order valence-corrected chi connectivity index (χ2v) is 12.0. The molecular formula is C35H69NO5. The first-order chi connectivity index (χ1) is 20.1. The maximum atomic E-state index is 12.6. The summed E-state index contributed by atoms with van der Waals surface area (Å²) in [4.78, 5) is 26.6. The van der Waals surface area contributed by atoms with Gasteiger partial charge in [0.15, 0.2) is 0 Å². The van der Waals surface area contributed by atoms with Gasteiger partial charge in [-0.1, -0.05) is 111 Å². The Hall–Kier alpha value is -1.14. The number of nitrogens with zero attached hydrogens (tertiary/aromatic N) is 1. The molecule has 0 aliphatic carbocycles. The summed E-state index contributed by atoms with van der Waals surface area (Å²) in [7, 11) is 0. The van der Waals surface area contributed by atoms with Gasteiger partial charge in [0.05, 0.1) is 13.2 Å². The Morgan fingerprint density at radius 2 is 1.05 bits per heavy atom. The lowest BCUT2D eigenvalue weighted by Crippen LogP contribution is -2.29. The van der Waals surface area contributed by atoms with Gasteiger partial charge in [-0.25, -0.2) is 0 Å². The molecule has 1 N–H and O–H groups in total. The van der Waals surface area contributed by atoms with E-state index in [4.69, 9.17) is 9.47 Å². The summed E-state index contributed by atoms with van der Waals surface area (Å²) in [6.07, 6.45) is 26.4. The number of carbonyl (C=O) groups is 2. The Kier molecular flexibility index (Phi) is 30.9. The van der Waals surface area contributed by atoms with Gasteiger partial charge in [-0.3, -0.25) is 9.59 Å². The van der Waals surface area contributed by atoms with E-state index in [1.54, 1.807) is 0 Å². The minimum atomic E-state index is -0.114. The van der Waals surface area contributed by atoms with Crippen LogP contribution in [0.25, 0.3) is 0 Å². The van der Waals surface area contributed by atoms with E-state index in [9.17, 15) is 14.7 Å². The minimum Gasteiger partial charge on any atom is -0.466 e. The Morgan fingerprint density at radius 1 is 0.561 bits per heavy atom. The van der Waals surface area contributed by atoms with E-state index in [-0.39, 0.29) is 24.6 Å². The summed E-state index contributed by atoms with van der Waals surface area (Å²) in [5.74, 6) is -0.119. The number of hydrogen-bond acceptors (Lipinski definition) is 6. The molecule has 6 nitrogen and oxygen atoms in total. The van der Waals surface area contributed by atoms with Gasteiger partial charge in [-0.15, -0.1) is 0 Å². The summed E-state index contributed by atoms with van der Waals surface area (Å²) in [5, 5.41) is 9.38. The van der Waals surface area contributed by atoms with E-state index in [2.05, 4.69) is 25.7 Å². The molecule has 0 rings (SSSR count). The molecule has 6 heteroatoms. The maximum absolute atomic E-state index is 12.6. The predicted molar refractivity (Wildman–Crippen MR) is 172 cm³/mol. The molecule has 0 spiro atoms. The standard InChI is InChI=1S/C35H69NO5/c1-4-7-10-12-15-19-24-33(25-20-16-13-11-8-5-2)41-35(39)26-21-17-14-18-22-28-36(30-31-37)29-23-27-34(38)40-32-9-6-3/h33,37H,4-32H2,1-3H3. The van der Waals surface area contributed by atoms with Crippen molar-refractivity contribution in [3.05, 3.63) is 0 Å². The lowest BCUT2D eigenvalue weighted by molar-refractivity contribution is -0.150. The van der Waals surface area contributed by atoms with Crippen molar-refractivity contribution >= 4 is 11.9 Å². The molecular weight excluding hydrogens is 514 g/mol. The van der Waals surface area contributed by atoms with Crippen LogP contribution in [0.15, 0.2) is 0 Å². The summed E-state index contributed by atoms with van der Waals surface area (Å²) in [5.41, 5.74) is 0. The van der Waals surface area contributed by atoms with E-state index < -0.39 is 0 Å². The molecule has 0 aliphatic rings. The normalized spacial score (nSPS) is 11.5. The molecule has 0 aromatic heterocycles. The van der Waals surface area contributed by atoms with Crippen molar-refractivity contribution in [3.63, 3.8) is 0 Å². The van der Waals surface area contributed by atoms with Crippen LogP contribution in [-0.4, -0.2) is 60.9 Å². The third kappa shape index (κ3) is 28.7. The van der Waals surface area contributed by atoms with Crippen LogP contribution >= 0.6 is 0 Å². The van der Waals surface area contributed by atoms with Crippen LogP contribution in [0, 0.1) is 0 Å². The van der Waals surface area contributed by atoms with Crippen LogP contribution in [0.3, 0.4) is 0 Å². The van der Waals surface area contributed by atoms with Gasteiger partial charge in [0, 0.05) is 19.4 Å². The van der Waals surface area contributed by atoms with E-state index in [0.29, 0.717) is 26.0 Å². The average Bonchev–Trinajstić information content (AvgIpc) is 2.96. The number of rotatable bonds is 32. The molecule has 0 fully saturated rings. The van der Waals surface area contributed by atoms with Gasteiger partial charge < -0.3 is 19.5 Å². The van der Waals surface area contributed by atoms with Gasteiger partial charge in [-0.2, -0.15) is 0 Å². The van der Waals surface area contributed by atoms with E-state index in [1.807, 2.05) is 0 Å². The lowest BCUT2D eigenvalue weighted by Gasteiger charge is -2.21. The molecule has 0 saturated carbocycles. The van der Waals surface area contributed by atoms with Crippen LogP contribution in [0.4, 0.5) is 0 Å². The Bertz CT molecular complexity index is 555. The number of hydrogen-bond donors (Lipinski definition) is 1. The Morgan fingerprint density at radius 3 is 1.63 bits per heavy atom. The van der Waals surface area contributed by atoms with Crippen molar-refractivity contribution in [1.29, 1.82) is 0 Å². The SMILES string of the molecule is CCCCCCCCC(CCCCCCCC)OC(=O)CCCCCCCN(CCO)CCCC(=O)OCCCC. The summed E-state index contributed by atoms with van der Waals surface area (Å²) < 4.78 is 11.2. The van der Waals surface area contributed by atoms with Crippen LogP contribution in [-0.2, 0) is 19.1 Å². The zero-order chi connectivity index (χ0) is 30.2. The van der Waals surface area contributed by atoms with Crippen molar-refractivity contribution in [2.75, 3.05) is 32.8 Å². The number of aliphatic hydroxyl groups excluding tert-OH is 1. The van der Waals surface area contributed by atoms with E-state index in [0.717, 1.165) is 77.3 Å². The Balaban J connectivity index is 4.10. The third-order valence-electron chi connectivity index (χ3n) is 7.95. The van der Waals surface area contributed by atoms with Crippen molar-refractivity contribution in [2.45, 2.75) is 181 Å². The first-order valence-corrected chi connectivity index (χ1v) is 17.8. The fourth-order valence-corrected chi connectivity index (χ4v) is 5.27. The molecule has 41 heavy (non-hydrogen) atoms. The smallest absolute Gasteiger partial charge is 0.306 e. The minimum absolute atomic E-state index is 0.00527. The van der Waals surface area contributed by atoms with Crippen molar-refractivity contribution in [1.82, 2.24) is 4.90 Å². The molecule has 0 heterocycles. The van der Waals surface area contributed by atoms with Gasteiger partial charge in [0.2, 0.25) is 0 Å². The quantitative estimate of drug-likeness (QED) is 0.0628. The molecule has 0 aliphatic heterocycles. The number of ether oxygens (including phenoxy) is 2. The number of esters is 2. The highest BCUT2D eigenvalue weighted by molar-refractivity contribution is 5.69. The first-order valence-electron chi connectivity index (χ1n) is 17.8. The highest BCUT2D eigenvalue weighted by atomic mass is 16.5. The zero-order valence-electron chi connectivity index (χ0n) is 27.6. The van der Waals surface area contributed by atoms with Crippen LogP contribution in [0.2, 0.25) is 0 Å².